The van der Waals surface area contributed by atoms with Crippen molar-refractivity contribution in [2.45, 2.75) is 18.2 Å². The first-order chi connectivity index (χ1) is 12.2. The highest BCUT2D eigenvalue weighted by molar-refractivity contribution is 6.30. The van der Waals surface area contributed by atoms with Gasteiger partial charge in [-0.25, -0.2) is 14.1 Å². The molecule has 0 spiro atoms. The summed E-state index contributed by atoms with van der Waals surface area (Å²) >= 11 is 6.04. The molecule has 0 bridgehead atoms. The van der Waals surface area contributed by atoms with E-state index in [1.54, 1.807) is 23.1 Å². The standard InChI is InChI=1S/C18H15ClFN3O2/c19-15-5-3-14(4-6-15)18(9-23-11-21-10-22-23)17(24-12-25-18)13-1-7-16(20)8-2-13/h1-8,10-11,17H,9,12H2/t17-,18-/m1/s1. The Bertz CT molecular complexity index is 840. The molecule has 1 aromatic heterocycles. The van der Waals surface area contributed by atoms with E-state index in [-0.39, 0.29) is 12.6 Å². The monoisotopic (exact) mass is 359 g/mol. The lowest BCUT2D eigenvalue weighted by molar-refractivity contribution is -0.0297. The van der Waals surface area contributed by atoms with Crippen molar-refractivity contribution in [3.05, 3.63) is 83.2 Å². The van der Waals surface area contributed by atoms with E-state index in [4.69, 9.17) is 21.1 Å². The van der Waals surface area contributed by atoms with Crippen molar-refractivity contribution in [1.29, 1.82) is 0 Å². The Morgan fingerprint density at radius 3 is 2.60 bits per heavy atom. The minimum Gasteiger partial charge on any atom is -0.344 e. The molecule has 3 aromatic rings. The van der Waals surface area contributed by atoms with Crippen LogP contribution in [-0.2, 0) is 21.6 Å². The summed E-state index contributed by atoms with van der Waals surface area (Å²) in [5.74, 6) is -0.295. The molecular weight excluding hydrogens is 345 g/mol. The molecule has 1 saturated heterocycles. The molecule has 2 atom stereocenters. The summed E-state index contributed by atoms with van der Waals surface area (Å²) in [6.45, 7) is 0.524. The third-order valence-corrected chi connectivity index (χ3v) is 4.60. The van der Waals surface area contributed by atoms with E-state index in [1.165, 1.54) is 18.5 Å². The average molecular weight is 360 g/mol. The fourth-order valence-electron chi connectivity index (χ4n) is 3.16. The van der Waals surface area contributed by atoms with E-state index in [9.17, 15) is 4.39 Å². The molecule has 2 aromatic carbocycles. The van der Waals surface area contributed by atoms with Crippen LogP contribution in [0.3, 0.4) is 0 Å². The van der Waals surface area contributed by atoms with Crippen LogP contribution in [0, 0.1) is 5.82 Å². The fourth-order valence-corrected chi connectivity index (χ4v) is 3.29. The maximum atomic E-state index is 13.3. The molecule has 1 aliphatic rings. The molecule has 7 heteroatoms. The number of aromatic nitrogens is 3. The Kier molecular flexibility index (Phi) is 4.25. The van der Waals surface area contributed by atoms with Gasteiger partial charge in [-0.2, -0.15) is 5.10 Å². The first-order valence-corrected chi connectivity index (χ1v) is 8.15. The third-order valence-electron chi connectivity index (χ3n) is 4.34. The first-order valence-electron chi connectivity index (χ1n) is 7.77. The Morgan fingerprint density at radius 1 is 1.16 bits per heavy atom. The van der Waals surface area contributed by atoms with Crippen LogP contribution in [0.1, 0.15) is 17.2 Å². The summed E-state index contributed by atoms with van der Waals surface area (Å²) in [6.07, 6.45) is 2.68. The van der Waals surface area contributed by atoms with Gasteiger partial charge in [-0.15, -0.1) is 0 Å². The van der Waals surface area contributed by atoms with E-state index in [2.05, 4.69) is 10.1 Å². The summed E-state index contributed by atoms with van der Waals surface area (Å²) in [6, 6.07) is 13.7. The summed E-state index contributed by atoms with van der Waals surface area (Å²) in [4.78, 5) is 4.00. The summed E-state index contributed by atoms with van der Waals surface area (Å²) in [7, 11) is 0. The number of halogens is 2. The minimum atomic E-state index is -0.823. The number of rotatable bonds is 4. The largest absolute Gasteiger partial charge is 0.344 e. The Morgan fingerprint density at radius 2 is 1.92 bits per heavy atom. The molecule has 5 nitrogen and oxygen atoms in total. The first kappa shape index (κ1) is 16.2. The molecule has 0 N–H and O–H groups in total. The smallest absolute Gasteiger partial charge is 0.149 e. The fraction of sp³-hybridized carbons (Fsp3) is 0.222. The summed E-state index contributed by atoms with van der Waals surface area (Å²) < 4.78 is 27.0. The molecule has 0 unspecified atom stereocenters. The second kappa shape index (κ2) is 6.55. The molecule has 0 aliphatic carbocycles. The van der Waals surface area contributed by atoms with Gasteiger partial charge in [0.1, 0.15) is 37.0 Å². The molecule has 25 heavy (non-hydrogen) atoms. The number of hydrogen-bond acceptors (Lipinski definition) is 4. The van der Waals surface area contributed by atoms with Crippen LogP contribution < -0.4 is 0 Å². The highest BCUT2D eigenvalue weighted by atomic mass is 35.5. The molecular formula is C18H15ClFN3O2. The van der Waals surface area contributed by atoms with Crippen LogP contribution in [-0.4, -0.2) is 21.6 Å². The van der Waals surface area contributed by atoms with E-state index in [0.29, 0.717) is 11.6 Å². The van der Waals surface area contributed by atoms with Crippen molar-refractivity contribution < 1.29 is 13.9 Å². The van der Waals surface area contributed by atoms with Gasteiger partial charge in [-0.1, -0.05) is 35.9 Å². The summed E-state index contributed by atoms with van der Waals surface area (Å²) in [5, 5.41) is 4.83. The van der Waals surface area contributed by atoms with Gasteiger partial charge in [-0.3, -0.25) is 0 Å². The van der Waals surface area contributed by atoms with Gasteiger partial charge < -0.3 is 9.47 Å². The molecule has 128 valence electrons. The van der Waals surface area contributed by atoms with Gasteiger partial charge in [0.05, 0.1) is 6.54 Å². The maximum Gasteiger partial charge on any atom is 0.149 e. The van der Waals surface area contributed by atoms with Gasteiger partial charge in [0.2, 0.25) is 0 Å². The zero-order valence-corrected chi connectivity index (χ0v) is 13.9. The zero-order chi connectivity index (χ0) is 17.3. The van der Waals surface area contributed by atoms with Crippen LogP contribution in [0.2, 0.25) is 5.02 Å². The van der Waals surface area contributed by atoms with Crippen LogP contribution in [0.15, 0.2) is 61.2 Å². The van der Waals surface area contributed by atoms with Crippen molar-refractivity contribution in [3.8, 4) is 0 Å². The third kappa shape index (κ3) is 3.04. The van der Waals surface area contributed by atoms with Gasteiger partial charge in [0, 0.05) is 5.02 Å². The normalized spacial score (nSPS) is 23.0. The molecule has 4 rings (SSSR count). The lowest BCUT2D eigenvalue weighted by Crippen LogP contribution is -2.36. The predicted octanol–water partition coefficient (Wildman–Crippen LogP) is 3.71. The number of ether oxygens (including phenoxy) is 2. The highest BCUT2D eigenvalue weighted by Crippen LogP contribution is 2.47. The Hall–Kier alpha value is -2.28. The zero-order valence-electron chi connectivity index (χ0n) is 13.2. The Balaban J connectivity index is 1.80. The van der Waals surface area contributed by atoms with Gasteiger partial charge >= 0.3 is 0 Å². The number of hydrogen-bond donors (Lipinski definition) is 0. The molecule has 0 amide bonds. The quantitative estimate of drug-likeness (QED) is 0.712. The van der Waals surface area contributed by atoms with Crippen LogP contribution in [0.4, 0.5) is 4.39 Å². The lowest BCUT2D eigenvalue weighted by atomic mass is 9.84. The summed E-state index contributed by atoms with van der Waals surface area (Å²) in [5.41, 5.74) is 0.907. The van der Waals surface area contributed by atoms with Crippen LogP contribution in [0.25, 0.3) is 0 Å². The van der Waals surface area contributed by atoms with Gasteiger partial charge in [0.15, 0.2) is 0 Å². The van der Waals surface area contributed by atoms with Crippen molar-refractivity contribution in [2.24, 2.45) is 0 Å². The molecule has 2 heterocycles. The lowest BCUT2D eigenvalue weighted by Gasteiger charge is -2.33. The topological polar surface area (TPSA) is 49.2 Å². The average Bonchev–Trinajstić information content (AvgIpc) is 3.27. The number of benzene rings is 2. The molecule has 1 fully saturated rings. The predicted molar refractivity (Wildman–Crippen MR) is 89.3 cm³/mol. The van der Waals surface area contributed by atoms with Crippen molar-refractivity contribution >= 4 is 11.6 Å². The van der Waals surface area contributed by atoms with E-state index >= 15 is 0 Å². The Labute approximate surface area is 149 Å². The minimum absolute atomic E-state index is 0.124. The van der Waals surface area contributed by atoms with Gasteiger partial charge in [0.25, 0.3) is 0 Å². The van der Waals surface area contributed by atoms with Gasteiger partial charge in [-0.05, 0) is 35.4 Å². The van der Waals surface area contributed by atoms with E-state index < -0.39 is 11.7 Å². The SMILES string of the molecule is Fc1ccc([C@H]2OCO[C@]2(Cn2cncn2)c2ccc(Cl)cc2)cc1. The van der Waals surface area contributed by atoms with E-state index in [0.717, 1.165) is 11.1 Å². The van der Waals surface area contributed by atoms with Crippen molar-refractivity contribution in [3.63, 3.8) is 0 Å². The molecule has 1 aliphatic heterocycles. The van der Waals surface area contributed by atoms with Crippen molar-refractivity contribution in [1.82, 2.24) is 14.8 Å². The van der Waals surface area contributed by atoms with E-state index in [1.807, 2.05) is 24.3 Å². The molecule has 0 saturated carbocycles. The molecule has 0 radical (unpaired) electrons. The van der Waals surface area contributed by atoms with Crippen LogP contribution in [0.5, 0.6) is 0 Å². The second-order valence-electron chi connectivity index (χ2n) is 5.85. The van der Waals surface area contributed by atoms with Crippen molar-refractivity contribution in [2.75, 3.05) is 6.79 Å². The van der Waals surface area contributed by atoms with Crippen LogP contribution >= 0.6 is 11.6 Å². The maximum absolute atomic E-state index is 13.3. The second-order valence-corrected chi connectivity index (χ2v) is 6.29. The number of nitrogens with zero attached hydrogens (tertiary/aromatic N) is 3. The highest BCUT2D eigenvalue weighted by Gasteiger charge is 2.48.